The predicted octanol–water partition coefficient (Wildman–Crippen LogP) is 7.29. The maximum atomic E-state index is 17.2. The van der Waals surface area contributed by atoms with E-state index in [1.165, 1.54) is 18.2 Å². The Kier molecular flexibility index (Phi) is 8.34. The van der Waals surface area contributed by atoms with Crippen molar-refractivity contribution >= 4 is 27.5 Å². The van der Waals surface area contributed by atoms with E-state index in [0.717, 1.165) is 37.8 Å². The van der Waals surface area contributed by atoms with Gasteiger partial charge in [-0.2, -0.15) is 9.97 Å². The van der Waals surface area contributed by atoms with Crippen LogP contribution in [0.15, 0.2) is 54.6 Å². The molecule has 5 aromatic rings. The first-order chi connectivity index (χ1) is 25.3. The van der Waals surface area contributed by atoms with E-state index in [1.54, 1.807) is 6.07 Å². The summed E-state index contributed by atoms with van der Waals surface area (Å²) in [5.74, 6) is -0.704. The molecule has 1 saturated carbocycles. The molecule has 2 atom stereocenters. The number of phenolic OH excluding ortho intramolecular Hbond substituents is 1. The summed E-state index contributed by atoms with van der Waals surface area (Å²) in [5, 5.41) is 12.1. The van der Waals surface area contributed by atoms with Gasteiger partial charge in [0, 0.05) is 24.6 Å². The van der Waals surface area contributed by atoms with E-state index in [-0.39, 0.29) is 59.8 Å². The first-order valence-electron chi connectivity index (χ1n) is 18.2. The highest BCUT2D eigenvalue weighted by Crippen LogP contribution is 2.45. The molecule has 0 spiro atoms. The SMILES string of the molecule is CCc1c(F)ccc2cc(O)cc(-c3nc4c5c(nc(OC[C@@]67CCCN6C[C@H](F)C7)nc5c3F)N(C3CC(OCc5ccccc5)C3)CCO4)c12. The van der Waals surface area contributed by atoms with Gasteiger partial charge < -0.3 is 24.2 Å². The van der Waals surface area contributed by atoms with Gasteiger partial charge in [-0.3, -0.25) is 4.90 Å². The van der Waals surface area contributed by atoms with Crippen molar-refractivity contribution in [3.05, 3.63) is 77.4 Å². The fourth-order valence-electron chi connectivity index (χ4n) is 8.76. The average molecular weight is 712 g/mol. The van der Waals surface area contributed by atoms with Gasteiger partial charge in [-0.25, -0.2) is 18.2 Å². The monoisotopic (exact) mass is 711 g/mol. The number of pyridine rings is 1. The van der Waals surface area contributed by atoms with Crippen molar-refractivity contribution in [3.63, 3.8) is 0 Å². The fraction of sp³-hybridized carbons (Fsp3) is 0.425. The van der Waals surface area contributed by atoms with Crippen LogP contribution in [0.2, 0.25) is 0 Å². The molecular formula is C40H40F3N5O4. The lowest BCUT2D eigenvalue weighted by Crippen LogP contribution is -2.49. The molecule has 3 aliphatic heterocycles. The van der Waals surface area contributed by atoms with Crippen LogP contribution in [0.1, 0.15) is 50.2 Å². The molecule has 12 heteroatoms. The number of aromatic nitrogens is 3. The lowest BCUT2D eigenvalue weighted by Gasteiger charge is -2.43. The van der Waals surface area contributed by atoms with Gasteiger partial charge in [0.15, 0.2) is 5.82 Å². The number of anilines is 1. The summed E-state index contributed by atoms with van der Waals surface area (Å²) in [5.41, 5.74) is 1.09. The van der Waals surface area contributed by atoms with Crippen molar-refractivity contribution in [3.8, 4) is 28.9 Å². The number of halogens is 3. The molecule has 0 bridgehead atoms. The average Bonchev–Trinajstić information content (AvgIpc) is 3.59. The van der Waals surface area contributed by atoms with Gasteiger partial charge in [-0.05, 0) is 78.7 Å². The molecule has 2 saturated heterocycles. The number of phenols is 1. The van der Waals surface area contributed by atoms with Gasteiger partial charge in [0.2, 0.25) is 5.88 Å². The third-order valence-electron chi connectivity index (χ3n) is 11.4. The van der Waals surface area contributed by atoms with E-state index in [4.69, 9.17) is 24.2 Å². The summed E-state index contributed by atoms with van der Waals surface area (Å²) < 4.78 is 65.8. The van der Waals surface area contributed by atoms with Gasteiger partial charge in [0.05, 0.1) is 24.8 Å². The van der Waals surface area contributed by atoms with Crippen molar-refractivity contribution in [2.75, 3.05) is 37.7 Å². The number of hydrogen-bond donors (Lipinski definition) is 1. The smallest absolute Gasteiger partial charge is 0.319 e. The Morgan fingerprint density at radius 1 is 1.02 bits per heavy atom. The predicted molar refractivity (Wildman–Crippen MR) is 191 cm³/mol. The third kappa shape index (κ3) is 5.67. The van der Waals surface area contributed by atoms with Gasteiger partial charge >= 0.3 is 6.01 Å². The first-order valence-corrected chi connectivity index (χ1v) is 18.2. The fourth-order valence-corrected chi connectivity index (χ4v) is 8.76. The Bertz CT molecular complexity index is 2170. The Morgan fingerprint density at radius 3 is 2.69 bits per heavy atom. The number of fused-ring (bicyclic) bond motifs is 2. The van der Waals surface area contributed by atoms with E-state index in [0.29, 0.717) is 60.1 Å². The summed E-state index contributed by atoms with van der Waals surface area (Å²) in [6.07, 6.45) is 3.07. The quantitative estimate of drug-likeness (QED) is 0.169. The minimum atomic E-state index is -0.932. The highest BCUT2D eigenvalue weighted by atomic mass is 19.1. The van der Waals surface area contributed by atoms with Crippen molar-refractivity contribution in [2.45, 2.75) is 75.9 Å². The van der Waals surface area contributed by atoms with E-state index >= 15 is 8.78 Å². The second-order valence-electron chi connectivity index (χ2n) is 14.6. The molecule has 2 aromatic heterocycles. The number of benzene rings is 3. The molecule has 9 nitrogen and oxygen atoms in total. The zero-order valence-corrected chi connectivity index (χ0v) is 29.0. The standard InChI is InChI=1S/C40H40F3N5O4/c1-2-29-31(42)10-9-24-15-27(49)18-30(32(24)29)35-34(43)36-33-37(46-39(45-36)52-22-40-11-6-12-47(40)20-25(41)19-40)48(13-14-50-38(33)44-35)26-16-28(17-26)51-21-23-7-4-3-5-8-23/h3-5,7-10,15,18,25-26,28,49H,2,6,11-14,16-17,19-22H2,1H3/t25-,26?,28?,40+/m1/s1. The maximum Gasteiger partial charge on any atom is 0.319 e. The van der Waals surface area contributed by atoms with Crippen LogP contribution in [0.4, 0.5) is 19.0 Å². The molecule has 1 aliphatic carbocycles. The van der Waals surface area contributed by atoms with E-state index < -0.39 is 23.3 Å². The first kappa shape index (κ1) is 33.2. The van der Waals surface area contributed by atoms with E-state index in [2.05, 4.69) is 14.8 Å². The summed E-state index contributed by atoms with van der Waals surface area (Å²) in [6.45, 7) is 4.40. The third-order valence-corrected chi connectivity index (χ3v) is 11.4. The van der Waals surface area contributed by atoms with E-state index in [1.807, 2.05) is 37.3 Å². The number of nitrogens with zero attached hydrogens (tertiary/aromatic N) is 5. The van der Waals surface area contributed by atoms with Crippen molar-refractivity contribution in [1.29, 1.82) is 0 Å². The number of aromatic hydroxyl groups is 1. The number of rotatable bonds is 9. The van der Waals surface area contributed by atoms with E-state index in [9.17, 15) is 9.50 Å². The summed E-state index contributed by atoms with van der Waals surface area (Å²) in [4.78, 5) is 18.5. The molecule has 0 unspecified atom stereocenters. The topological polar surface area (TPSA) is 93.1 Å². The van der Waals surface area contributed by atoms with Crippen LogP contribution in [-0.2, 0) is 17.8 Å². The highest BCUT2D eigenvalue weighted by Gasteiger charge is 2.49. The van der Waals surface area contributed by atoms with Crippen LogP contribution < -0.4 is 14.4 Å². The number of aryl methyl sites for hydroxylation is 1. The minimum Gasteiger partial charge on any atom is -0.508 e. The molecule has 3 fully saturated rings. The van der Waals surface area contributed by atoms with Crippen LogP contribution in [0.5, 0.6) is 17.6 Å². The lowest BCUT2D eigenvalue weighted by atomic mass is 9.87. The summed E-state index contributed by atoms with van der Waals surface area (Å²) in [6, 6.07) is 15.9. The largest absolute Gasteiger partial charge is 0.508 e. The number of alkyl halides is 1. The molecule has 0 amide bonds. The van der Waals surface area contributed by atoms with Crippen molar-refractivity contribution in [2.24, 2.45) is 0 Å². The summed E-state index contributed by atoms with van der Waals surface area (Å²) >= 11 is 0. The van der Waals surface area contributed by atoms with Gasteiger partial charge in [-0.1, -0.05) is 43.3 Å². The molecule has 3 aromatic carbocycles. The maximum absolute atomic E-state index is 17.2. The van der Waals surface area contributed by atoms with Crippen molar-refractivity contribution < 1.29 is 32.5 Å². The zero-order chi connectivity index (χ0) is 35.6. The molecular weight excluding hydrogens is 671 g/mol. The normalized spacial score (nSPS) is 24.2. The van der Waals surface area contributed by atoms with Crippen LogP contribution >= 0.6 is 0 Å². The minimum absolute atomic E-state index is 0.0165. The molecule has 4 aliphatic rings. The number of hydrogen-bond acceptors (Lipinski definition) is 9. The van der Waals surface area contributed by atoms with Gasteiger partial charge in [0.25, 0.3) is 0 Å². The van der Waals surface area contributed by atoms with Gasteiger partial charge in [0.1, 0.15) is 53.4 Å². The molecule has 0 radical (unpaired) electrons. The molecule has 1 N–H and O–H groups in total. The Balaban J connectivity index is 1.13. The zero-order valence-electron chi connectivity index (χ0n) is 29.0. The Labute approximate surface area is 299 Å². The van der Waals surface area contributed by atoms with Gasteiger partial charge in [-0.15, -0.1) is 0 Å². The lowest BCUT2D eigenvalue weighted by molar-refractivity contribution is -0.0209. The summed E-state index contributed by atoms with van der Waals surface area (Å²) in [7, 11) is 0. The Morgan fingerprint density at radius 2 is 1.87 bits per heavy atom. The van der Waals surface area contributed by atoms with Crippen LogP contribution in [0.25, 0.3) is 32.9 Å². The second-order valence-corrected chi connectivity index (χ2v) is 14.6. The Hall–Kier alpha value is -4.68. The number of ether oxygens (including phenoxy) is 3. The molecule has 52 heavy (non-hydrogen) atoms. The molecule has 5 heterocycles. The molecule has 270 valence electrons. The second kappa shape index (κ2) is 13.1. The highest BCUT2D eigenvalue weighted by molar-refractivity contribution is 6.03. The van der Waals surface area contributed by atoms with Crippen LogP contribution in [0, 0.1) is 11.6 Å². The van der Waals surface area contributed by atoms with Crippen molar-refractivity contribution in [1.82, 2.24) is 19.9 Å². The molecule has 9 rings (SSSR count). The van der Waals surface area contributed by atoms with Crippen LogP contribution in [0.3, 0.4) is 0 Å². The van der Waals surface area contributed by atoms with Crippen LogP contribution in [-0.4, -0.2) is 81.7 Å².